The van der Waals surface area contributed by atoms with E-state index in [0.29, 0.717) is 17.3 Å². The molecule has 1 amide bonds. The topological polar surface area (TPSA) is 41.5 Å². The largest absolute Gasteiger partial charge is 0.356 e. The number of carbonyl (C=O) groups excluding carboxylic acids is 1. The predicted molar refractivity (Wildman–Crippen MR) is 78.5 cm³/mol. The minimum absolute atomic E-state index is 0.0196. The highest BCUT2D eigenvalue weighted by molar-refractivity contribution is 7.78. The lowest BCUT2D eigenvalue weighted by atomic mass is 10.2. The fourth-order valence-corrected chi connectivity index (χ4v) is 1.65. The fourth-order valence-electron chi connectivity index (χ4n) is 1.32. The quantitative estimate of drug-likeness (QED) is 0.508. The summed E-state index contributed by atoms with van der Waals surface area (Å²) >= 11 is 10.5. The van der Waals surface area contributed by atoms with Crippen LogP contribution < -0.4 is 5.32 Å². The SMILES string of the molecule is CC(=O)NCCC=Cc1ccc(N=C=S)c(Cl)c1. The third-order valence-electron chi connectivity index (χ3n) is 2.13. The maximum Gasteiger partial charge on any atom is 0.216 e. The minimum atomic E-state index is -0.0196. The lowest BCUT2D eigenvalue weighted by Gasteiger charge is -1.99. The average Bonchev–Trinajstić information content (AvgIpc) is 2.32. The standard InChI is InChI=1S/C13H13ClN2OS/c1-10(17)15-7-3-2-4-11-5-6-13(16-9-18)12(14)8-11/h2,4-6,8H,3,7H2,1H3,(H,15,17). The number of halogens is 1. The molecule has 0 bridgehead atoms. The monoisotopic (exact) mass is 280 g/mol. The Hall–Kier alpha value is -1.48. The highest BCUT2D eigenvalue weighted by atomic mass is 35.5. The smallest absolute Gasteiger partial charge is 0.216 e. The lowest BCUT2D eigenvalue weighted by Crippen LogP contribution is -2.20. The molecule has 1 aromatic carbocycles. The molecule has 0 aliphatic carbocycles. The Labute approximate surface area is 117 Å². The van der Waals surface area contributed by atoms with E-state index in [1.165, 1.54) is 6.92 Å². The van der Waals surface area contributed by atoms with Gasteiger partial charge in [-0.05, 0) is 36.3 Å². The predicted octanol–water partition coefficient (Wildman–Crippen LogP) is 3.61. The molecule has 1 rings (SSSR count). The molecule has 5 heteroatoms. The molecule has 0 fully saturated rings. The Morgan fingerprint density at radius 2 is 2.39 bits per heavy atom. The summed E-state index contributed by atoms with van der Waals surface area (Å²) in [4.78, 5) is 14.5. The van der Waals surface area contributed by atoms with E-state index in [9.17, 15) is 4.79 Å². The van der Waals surface area contributed by atoms with Gasteiger partial charge in [0.1, 0.15) is 0 Å². The van der Waals surface area contributed by atoms with Crippen LogP contribution in [0.1, 0.15) is 18.9 Å². The first-order chi connectivity index (χ1) is 8.63. The van der Waals surface area contributed by atoms with Gasteiger partial charge in [-0.2, -0.15) is 4.99 Å². The van der Waals surface area contributed by atoms with Crippen molar-refractivity contribution in [1.82, 2.24) is 5.32 Å². The Morgan fingerprint density at radius 1 is 1.61 bits per heavy atom. The van der Waals surface area contributed by atoms with E-state index < -0.39 is 0 Å². The number of benzene rings is 1. The second-order valence-corrected chi connectivity index (χ2v) is 4.18. The number of nitrogens with one attached hydrogen (secondary N) is 1. The van der Waals surface area contributed by atoms with Crippen molar-refractivity contribution in [2.45, 2.75) is 13.3 Å². The number of nitrogens with zero attached hydrogens (tertiary/aromatic N) is 1. The molecule has 1 aromatic rings. The molecular weight excluding hydrogens is 268 g/mol. The van der Waals surface area contributed by atoms with E-state index in [4.69, 9.17) is 11.6 Å². The van der Waals surface area contributed by atoms with Crippen LogP contribution in [0.4, 0.5) is 5.69 Å². The van der Waals surface area contributed by atoms with Crippen LogP contribution in [0.3, 0.4) is 0 Å². The molecule has 0 aromatic heterocycles. The summed E-state index contributed by atoms with van der Waals surface area (Å²) < 4.78 is 0. The Bertz CT molecular complexity index is 508. The third kappa shape index (κ3) is 5.23. The Morgan fingerprint density at radius 3 is 3.00 bits per heavy atom. The van der Waals surface area contributed by atoms with Crippen LogP contribution >= 0.6 is 23.8 Å². The first-order valence-corrected chi connectivity index (χ1v) is 6.20. The van der Waals surface area contributed by atoms with Gasteiger partial charge in [0, 0.05) is 13.5 Å². The molecule has 18 heavy (non-hydrogen) atoms. The summed E-state index contributed by atoms with van der Waals surface area (Å²) in [6.45, 7) is 2.13. The van der Waals surface area contributed by atoms with Crippen LogP contribution in [0.2, 0.25) is 5.02 Å². The van der Waals surface area contributed by atoms with E-state index in [0.717, 1.165) is 12.0 Å². The molecule has 0 saturated heterocycles. The molecular formula is C13H13ClN2OS. The number of thiocarbonyl (C=S) groups is 1. The minimum Gasteiger partial charge on any atom is -0.356 e. The fraction of sp³-hybridized carbons (Fsp3) is 0.231. The van der Waals surface area contributed by atoms with E-state index >= 15 is 0 Å². The third-order valence-corrected chi connectivity index (χ3v) is 2.53. The molecule has 1 N–H and O–H groups in total. The number of hydrogen-bond acceptors (Lipinski definition) is 3. The van der Waals surface area contributed by atoms with Crippen LogP contribution in [0.15, 0.2) is 29.3 Å². The Kier molecular flexibility index (Phi) is 6.29. The van der Waals surface area contributed by atoms with Crippen molar-refractivity contribution in [2.75, 3.05) is 6.54 Å². The van der Waals surface area contributed by atoms with Gasteiger partial charge in [-0.15, -0.1) is 0 Å². The van der Waals surface area contributed by atoms with Crippen LogP contribution in [-0.2, 0) is 4.79 Å². The summed E-state index contributed by atoms with van der Waals surface area (Å²) in [5.74, 6) is -0.0196. The van der Waals surface area contributed by atoms with Gasteiger partial charge >= 0.3 is 0 Å². The normalized spacial score (nSPS) is 10.1. The van der Waals surface area contributed by atoms with Crippen molar-refractivity contribution in [3.05, 3.63) is 34.9 Å². The number of amides is 1. The van der Waals surface area contributed by atoms with Crippen LogP contribution in [0.5, 0.6) is 0 Å². The summed E-state index contributed by atoms with van der Waals surface area (Å²) in [6.07, 6.45) is 4.69. The number of aliphatic imine (C=N–C) groups is 1. The van der Waals surface area contributed by atoms with Gasteiger partial charge in [-0.25, -0.2) is 0 Å². The van der Waals surface area contributed by atoms with E-state index in [1.807, 2.05) is 24.3 Å². The van der Waals surface area contributed by atoms with Crippen LogP contribution in [0, 0.1) is 0 Å². The maximum atomic E-state index is 10.6. The highest BCUT2D eigenvalue weighted by Gasteiger charge is 1.98. The zero-order valence-corrected chi connectivity index (χ0v) is 11.5. The second kappa shape index (κ2) is 7.77. The van der Waals surface area contributed by atoms with Crippen LogP contribution in [-0.4, -0.2) is 17.6 Å². The number of carbonyl (C=O) groups is 1. The van der Waals surface area contributed by atoms with Crippen molar-refractivity contribution in [1.29, 1.82) is 0 Å². The molecule has 0 unspecified atom stereocenters. The molecule has 3 nitrogen and oxygen atoms in total. The molecule has 0 atom stereocenters. The summed E-state index contributed by atoms with van der Waals surface area (Å²) in [6, 6.07) is 5.49. The molecule has 0 spiro atoms. The first kappa shape index (κ1) is 14.6. The van der Waals surface area contributed by atoms with E-state index in [2.05, 4.69) is 27.7 Å². The molecule has 0 aliphatic rings. The summed E-state index contributed by atoms with van der Waals surface area (Å²) in [7, 11) is 0. The number of rotatable bonds is 5. The average molecular weight is 281 g/mol. The van der Waals surface area contributed by atoms with Gasteiger partial charge < -0.3 is 5.32 Å². The van der Waals surface area contributed by atoms with Crippen molar-refractivity contribution in [2.24, 2.45) is 4.99 Å². The number of isothiocyanates is 1. The lowest BCUT2D eigenvalue weighted by molar-refractivity contribution is -0.118. The maximum absolute atomic E-state index is 10.6. The van der Waals surface area contributed by atoms with Gasteiger partial charge in [-0.3, -0.25) is 4.79 Å². The Balaban J connectivity index is 2.57. The first-order valence-electron chi connectivity index (χ1n) is 5.42. The molecule has 94 valence electrons. The highest BCUT2D eigenvalue weighted by Crippen LogP contribution is 2.25. The van der Waals surface area contributed by atoms with Gasteiger partial charge in [0.15, 0.2) is 0 Å². The second-order valence-electron chi connectivity index (χ2n) is 3.59. The van der Waals surface area contributed by atoms with Gasteiger partial charge in [0.2, 0.25) is 5.91 Å². The van der Waals surface area contributed by atoms with E-state index in [-0.39, 0.29) is 5.91 Å². The van der Waals surface area contributed by atoms with Crippen molar-refractivity contribution >= 4 is 46.7 Å². The zero-order valence-electron chi connectivity index (χ0n) is 9.94. The molecule has 0 heterocycles. The zero-order chi connectivity index (χ0) is 13.4. The van der Waals surface area contributed by atoms with E-state index in [1.54, 1.807) is 6.07 Å². The summed E-state index contributed by atoms with van der Waals surface area (Å²) in [5.41, 5.74) is 1.59. The van der Waals surface area contributed by atoms with Crippen LogP contribution in [0.25, 0.3) is 6.08 Å². The van der Waals surface area contributed by atoms with Crippen molar-refractivity contribution in [3.8, 4) is 0 Å². The van der Waals surface area contributed by atoms with Crippen molar-refractivity contribution in [3.63, 3.8) is 0 Å². The van der Waals surface area contributed by atoms with Gasteiger partial charge in [0.05, 0.1) is 15.9 Å². The van der Waals surface area contributed by atoms with Gasteiger partial charge in [0.25, 0.3) is 0 Å². The van der Waals surface area contributed by atoms with Crippen molar-refractivity contribution < 1.29 is 4.79 Å². The molecule has 0 saturated carbocycles. The molecule has 0 aliphatic heterocycles. The summed E-state index contributed by atoms with van der Waals surface area (Å²) in [5, 5.41) is 5.54. The number of hydrogen-bond donors (Lipinski definition) is 1. The van der Waals surface area contributed by atoms with Gasteiger partial charge in [-0.1, -0.05) is 29.8 Å². The molecule has 0 radical (unpaired) electrons.